The number of nitro groups is 1. The van der Waals surface area contributed by atoms with Crippen LogP contribution in [0, 0.1) is 10.1 Å². The van der Waals surface area contributed by atoms with Crippen molar-refractivity contribution >= 4 is 28.9 Å². The van der Waals surface area contributed by atoms with Gasteiger partial charge in [-0.2, -0.15) is 0 Å². The summed E-state index contributed by atoms with van der Waals surface area (Å²) in [6, 6.07) is 2.13. The molecular weight excluding hydrogens is 246 g/mol. The van der Waals surface area contributed by atoms with Crippen LogP contribution in [0.5, 0.6) is 0 Å². The summed E-state index contributed by atoms with van der Waals surface area (Å²) < 4.78 is 0. The van der Waals surface area contributed by atoms with Crippen molar-refractivity contribution in [3.05, 3.63) is 32.8 Å². The Bertz CT molecular complexity index is 474. The highest BCUT2D eigenvalue weighted by Crippen LogP contribution is 2.28. The first-order valence-corrected chi connectivity index (χ1v) is 5.25. The lowest BCUT2D eigenvalue weighted by Crippen LogP contribution is -2.30. The molecule has 1 rings (SSSR count). The SMILES string of the molecule is CC(C)NC(=O)c1cc([N+](=O)[O-])cc(Cl)c1N. The van der Waals surface area contributed by atoms with Crippen LogP contribution < -0.4 is 11.1 Å². The summed E-state index contributed by atoms with van der Waals surface area (Å²) >= 11 is 5.73. The molecule has 0 unspecified atom stereocenters. The molecule has 3 N–H and O–H groups in total. The zero-order valence-electron chi connectivity index (χ0n) is 9.36. The maximum Gasteiger partial charge on any atom is 0.271 e. The predicted octanol–water partition coefficient (Wildman–Crippen LogP) is 1.97. The molecule has 0 aromatic heterocycles. The van der Waals surface area contributed by atoms with Gasteiger partial charge in [0.25, 0.3) is 11.6 Å². The minimum atomic E-state index is -0.628. The lowest BCUT2D eigenvalue weighted by atomic mass is 10.1. The molecule has 6 nitrogen and oxygen atoms in total. The highest BCUT2D eigenvalue weighted by molar-refractivity contribution is 6.34. The highest BCUT2D eigenvalue weighted by Gasteiger charge is 2.19. The number of non-ortho nitro benzene ring substituents is 1. The Kier molecular flexibility index (Phi) is 3.90. The normalized spacial score (nSPS) is 10.4. The zero-order valence-corrected chi connectivity index (χ0v) is 10.1. The van der Waals surface area contributed by atoms with Gasteiger partial charge in [0, 0.05) is 18.2 Å². The van der Waals surface area contributed by atoms with Crippen molar-refractivity contribution in [1.29, 1.82) is 0 Å². The standard InChI is InChI=1S/C10H12ClN3O3/c1-5(2)13-10(15)7-3-6(14(16)17)4-8(11)9(7)12/h3-5H,12H2,1-2H3,(H,13,15). The van der Waals surface area contributed by atoms with E-state index in [9.17, 15) is 14.9 Å². The van der Waals surface area contributed by atoms with Crippen molar-refractivity contribution in [3.8, 4) is 0 Å². The van der Waals surface area contributed by atoms with E-state index in [1.165, 1.54) is 0 Å². The summed E-state index contributed by atoms with van der Waals surface area (Å²) in [6.07, 6.45) is 0. The number of nitro benzene ring substituents is 1. The van der Waals surface area contributed by atoms with Gasteiger partial charge in [-0.05, 0) is 13.8 Å². The minimum Gasteiger partial charge on any atom is -0.397 e. The zero-order chi connectivity index (χ0) is 13.2. The fourth-order valence-electron chi connectivity index (χ4n) is 1.24. The maximum absolute atomic E-state index is 11.7. The van der Waals surface area contributed by atoms with Crippen LogP contribution in [0.3, 0.4) is 0 Å². The molecule has 0 spiro atoms. The van der Waals surface area contributed by atoms with E-state index >= 15 is 0 Å². The summed E-state index contributed by atoms with van der Waals surface area (Å²) in [7, 11) is 0. The van der Waals surface area contributed by atoms with E-state index in [1.54, 1.807) is 13.8 Å². The lowest BCUT2D eigenvalue weighted by Gasteiger charge is -2.10. The van der Waals surface area contributed by atoms with Crippen LogP contribution in [0.1, 0.15) is 24.2 Å². The number of carbonyl (C=O) groups is 1. The fraction of sp³-hybridized carbons (Fsp3) is 0.300. The Morgan fingerprint density at radius 2 is 2.12 bits per heavy atom. The number of benzene rings is 1. The van der Waals surface area contributed by atoms with Crippen molar-refractivity contribution in [2.75, 3.05) is 5.73 Å². The molecular formula is C10H12ClN3O3. The van der Waals surface area contributed by atoms with Gasteiger partial charge in [0.05, 0.1) is 21.2 Å². The molecule has 1 aromatic carbocycles. The van der Waals surface area contributed by atoms with Gasteiger partial charge >= 0.3 is 0 Å². The van der Waals surface area contributed by atoms with E-state index < -0.39 is 10.8 Å². The summed E-state index contributed by atoms with van der Waals surface area (Å²) in [6.45, 7) is 3.54. The van der Waals surface area contributed by atoms with E-state index in [4.69, 9.17) is 17.3 Å². The molecule has 1 aromatic rings. The van der Waals surface area contributed by atoms with Crippen LogP contribution in [0.4, 0.5) is 11.4 Å². The van der Waals surface area contributed by atoms with Gasteiger partial charge in [0.15, 0.2) is 0 Å². The molecule has 0 atom stereocenters. The molecule has 0 fully saturated rings. The molecule has 0 heterocycles. The number of nitrogens with one attached hydrogen (secondary N) is 1. The lowest BCUT2D eigenvalue weighted by molar-refractivity contribution is -0.384. The van der Waals surface area contributed by atoms with Gasteiger partial charge in [-0.15, -0.1) is 0 Å². The second-order valence-corrected chi connectivity index (χ2v) is 4.18. The molecule has 0 aliphatic rings. The fourth-order valence-corrected chi connectivity index (χ4v) is 1.45. The Morgan fingerprint density at radius 3 is 2.59 bits per heavy atom. The van der Waals surface area contributed by atoms with Gasteiger partial charge in [0.1, 0.15) is 0 Å². The van der Waals surface area contributed by atoms with E-state index in [1.807, 2.05) is 0 Å². The van der Waals surface area contributed by atoms with Gasteiger partial charge < -0.3 is 11.1 Å². The topological polar surface area (TPSA) is 98.3 Å². The Labute approximate surface area is 103 Å². The summed E-state index contributed by atoms with van der Waals surface area (Å²) in [5.41, 5.74) is 5.40. The number of hydrogen-bond donors (Lipinski definition) is 2. The van der Waals surface area contributed by atoms with E-state index in [-0.39, 0.29) is 28.0 Å². The van der Waals surface area contributed by atoms with Crippen molar-refractivity contribution in [1.82, 2.24) is 5.32 Å². The quantitative estimate of drug-likeness (QED) is 0.491. The first-order valence-electron chi connectivity index (χ1n) is 4.87. The van der Waals surface area contributed by atoms with Crippen LogP contribution in [-0.2, 0) is 0 Å². The first-order chi connectivity index (χ1) is 7.82. The number of nitrogen functional groups attached to an aromatic ring is 1. The predicted molar refractivity (Wildman–Crippen MR) is 65.1 cm³/mol. The number of anilines is 1. The molecule has 92 valence electrons. The van der Waals surface area contributed by atoms with Crippen molar-refractivity contribution in [2.45, 2.75) is 19.9 Å². The van der Waals surface area contributed by atoms with Gasteiger partial charge in [-0.3, -0.25) is 14.9 Å². The first kappa shape index (κ1) is 13.2. The van der Waals surface area contributed by atoms with E-state index in [0.717, 1.165) is 12.1 Å². The summed E-state index contributed by atoms with van der Waals surface area (Å²) in [5.74, 6) is -0.483. The van der Waals surface area contributed by atoms with Crippen LogP contribution in [0.15, 0.2) is 12.1 Å². The Morgan fingerprint density at radius 1 is 1.53 bits per heavy atom. The van der Waals surface area contributed by atoms with Gasteiger partial charge in [-0.1, -0.05) is 11.6 Å². The molecule has 17 heavy (non-hydrogen) atoms. The Balaban J connectivity index is 3.22. The molecule has 1 amide bonds. The molecule has 0 radical (unpaired) electrons. The van der Waals surface area contributed by atoms with Crippen molar-refractivity contribution in [2.24, 2.45) is 0 Å². The van der Waals surface area contributed by atoms with Gasteiger partial charge in [0.2, 0.25) is 0 Å². The average molecular weight is 258 g/mol. The van der Waals surface area contributed by atoms with Crippen LogP contribution in [0.2, 0.25) is 5.02 Å². The maximum atomic E-state index is 11.7. The number of nitrogens with two attached hydrogens (primary N) is 1. The number of amides is 1. The number of halogens is 1. The van der Waals surface area contributed by atoms with Crippen LogP contribution in [0.25, 0.3) is 0 Å². The molecule has 0 aliphatic carbocycles. The average Bonchev–Trinajstić information content (AvgIpc) is 2.20. The van der Waals surface area contributed by atoms with Crippen LogP contribution >= 0.6 is 11.6 Å². The summed E-state index contributed by atoms with van der Waals surface area (Å²) in [5, 5.41) is 13.2. The molecule has 0 aliphatic heterocycles. The molecule has 0 bridgehead atoms. The number of carbonyl (C=O) groups excluding carboxylic acids is 1. The number of rotatable bonds is 3. The van der Waals surface area contributed by atoms with Crippen molar-refractivity contribution in [3.63, 3.8) is 0 Å². The highest BCUT2D eigenvalue weighted by atomic mass is 35.5. The molecule has 0 saturated carbocycles. The third kappa shape index (κ3) is 3.07. The largest absolute Gasteiger partial charge is 0.397 e. The minimum absolute atomic E-state index is 0.00638. The van der Waals surface area contributed by atoms with Gasteiger partial charge in [-0.25, -0.2) is 0 Å². The second kappa shape index (κ2) is 5.01. The monoisotopic (exact) mass is 257 g/mol. The van der Waals surface area contributed by atoms with E-state index in [0.29, 0.717) is 0 Å². The third-order valence-corrected chi connectivity index (χ3v) is 2.30. The van der Waals surface area contributed by atoms with Crippen LogP contribution in [-0.4, -0.2) is 16.9 Å². The molecule has 0 saturated heterocycles. The second-order valence-electron chi connectivity index (χ2n) is 3.77. The third-order valence-electron chi connectivity index (χ3n) is 1.99. The number of nitrogens with zero attached hydrogens (tertiary/aromatic N) is 1. The number of hydrogen-bond acceptors (Lipinski definition) is 4. The van der Waals surface area contributed by atoms with E-state index in [2.05, 4.69) is 5.32 Å². The summed E-state index contributed by atoms with van der Waals surface area (Å²) in [4.78, 5) is 21.7. The smallest absolute Gasteiger partial charge is 0.271 e. The van der Waals surface area contributed by atoms with Crippen molar-refractivity contribution < 1.29 is 9.72 Å². The molecule has 7 heteroatoms. The Hall–Kier alpha value is -1.82.